The van der Waals surface area contributed by atoms with Crippen molar-refractivity contribution < 1.29 is 19.4 Å². The van der Waals surface area contributed by atoms with E-state index in [1.807, 2.05) is 0 Å². The van der Waals surface area contributed by atoms with Crippen LogP contribution in [0.2, 0.25) is 0 Å². The van der Waals surface area contributed by atoms with Crippen LogP contribution in [0.5, 0.6) is 5.75 Å². The SMILES string of the molecule is CCCC(C)COCCCOc1cccc(C(=O)O)c1. The number of carboxylic acids is 1. The summed E-state index contributed by atoms with van der Waals surface area (Å²) in [6.07, 6.45) is 3.18. The van der Waals surface area contributed by atoms with Gasteiger partial charge in [0.15, 0.2) is 0 Å². The minimum absolute atomic E-state index is 0.243. The first-order valence-electron chi connectivity index (χ1n) is 7.17. The Labute approximate surface area is 120 Å². The monoisotopic (exact) mass is 280 g/mol. The van der Waals surface area contributed by atoms with Gasteiger partial charge in [0, 0.05) is 19.6 Å². The largest absolute Gasteiger partial charge is 0.493 e. The molecule has 1 atom stereocenters. The van der Waals surface area contributed by atoms with Gasteiger partial charge in [0.05, 0.1) is 12.2 Å². The topological polar surface area (TPSA) is 55.8 Å². The molecule has 0 radical (unpaired) electrons. The molecular formula is C16H24O4. The summed E-state index contributed by atoms with van der Waals surface area (Å²) in [6.45, 7) is 6.37. The number of aromatic carboxylic acids is 1. The fraction of sp³-hybridized carbons (Fsp3) is 0.562. The summed E-state index contributed by atoms with van der Waals surface area (Å²) in [5, 5.41) is 8.87. The van der Waals surface area contributed by atoms with Crippen LogP contribution in [0.25, 0.3) is 0 Å². The Morgan fingerprint density at radius 2 is 2.15 bits per heavy atom. The number of hydrogen-bond acceptors (Lipinski definition) is 3. The molecule has 0 bridgehead atoms. The summed E-state index contributed by atoms with van der Waals surface area (Å²) in [7, 11) is 0. The van der Waals surface area contributed by atoms with Crippen molar-refractivity contribution in [2.45, 2.75) is 33.1 Å². The number of carboxylic acid groups (broad SMARTS) is 1. The van der Waals surface area contributed by atoms with Crippen LogP contribution in [0.15, 0.2) is 24.3 Å². The molecule has 1 aromatic rings. The lowest BCUT2D eigenvalue weighted by atomic mass is 10.1. The predicted octanol–water partition coefficient (Wildman–Crippen LogP) is 3.61. The third-order valence-electron chi connectivity index (χ3n) is 2.97. The van der Waals surface area contributed by atoms with Crippen molar-refractivity contribution in [3.05, 3.63) is 29.8 Å². The van der Waals surface area contributed by atoms with Crippen LogP contribution in [0, 0.1) is 5.92 Å². The van der Waals surface area contributed by atoms with Crippen molar-refractivity contribution in [3.8, 4) is 5.75 Å². The normalized spacial score (nSPS) is 12.1. The van der Waals surface area contributed by atoms with E-state index in [9.17, 15) is 4.79 Å². The van der Waals surface area contributed by atoms with Crippen LogP contribution in [-0.2, 0) is 4.74 Å². The molecule has 0 aliphatic rings. The lowest BCUT2D eigenvalue weighted by Crippen LogP contribution is -2.09. The molecule has 20 heavy (non-hydrogen) atoms. The average Bonchev–Trinajstić information content (AvgIpc) is 2.43. The molecule has 0 aromatic heterocycles. The van der Waals surface area contributed by atoms with Crippen molar-refractivity contribution in [1.29, 1.82) is 0 Å². The fourth-order valence-corrected chi connectivity index (χ4v) is 1.93. The van der Waals surface area contributed by atoms with Gasteiger partial charge >= 0.3 is 5.97 Å². The molecular weight excluding hydrogens is 256 g/mol. The van der Waals surface area contributed by atoms with E-state index < -0.39 is 5.97 Å². The van der Waals surface area contributed by atoms with Gasteiger partial charge in [-0.2, -0.15) is 0 Å². The first-order valence-corrected chi connectivity index (χ1v) is 7.17. The highest BCUT2D eigenvalue weighted by Gasteiger charge is 2.04. The number of carbonyl (C=O) groups is 1. The number of rotatable bonds is 10. The van der Waals surface area contributed by atoms with Crippen molar-refractivity contribution in [2.24, 2.45) is 5.92 Å². The van der Waals surface area contributed by atoms with Crippen molar-refractivity contribution in [3.63, 3.8) is 0 Å². The molecule has 0 fully saturated rings. The predicted molar refractivity (Wildman–Crippen MR) is 78.4 cm³/mol. The van der Waals surface area contributed by atoms with Crippen LogP contribution < -0.4 is 4.74 Å². The minimum Gasteiger partial charge on any atom is -0.493 e. The second kappa shape index (κ2) is 9.37. The molecule has 0 heterocycles. The van der Waals surface area contributed by atoms with Gasteiger partial charge in [-0.25, -0.2) is 4.79 Å². The molecule has 0 aliphatic carbocycles. The Kier molecular flexibility index (Phi) is 7.73. The van der Waals surface area contributed by atoms with E-state index >= 15 is 0 Å². The molecule has 1 rings (SSSR count). The summed E-state index contributed by atoms with van der Waals surface area (Å²) in [5.74, 6) is 0.251. The third-order valence-corrected chi connectivity index (χ3v) is 2.97. The Balaban J connectivity index is 2.15. The van der Waals surface area contributed by atoms with Crippen LogP contribution in [0.3, 0.4) is 0 Å². The molecule has 1 aromatic carbocycles. The van der Waals surface area contributed by atoms with Gasteiger partial charge in [0.1, 0.15) is 5.75 Å². The maximum absolute atomic E-state index is 10.8. The highest BCUT2D eigenvalue weighted by Crippen LogP contribution is 2.13. The van der Waals surface area contributed by atoms with Crippen LogP contribution >= 0.6 is 0 Å². The summed E-state index contributed by atoms with van der Waals surface area (Å²) in [6, 6.07) is 6.53. The Bertz CT molecular complexity index is 403. The van der Waals surface area contributed by atoms with Gasteiger partial charge in [-0.3, -0.25) is 0 Å². The molecule has 0 spiro atoms. The second-order valence-electron chi connectivity index (χ2n) is 5.00. The minimum atomic E-state index is -0.941. The first kappa shape index (κ1) is 16.5. The van der Waals surface area contributed by atoms with Gasteiger partial charge in [0.2, 0.25) is 0 Å². The van der Waals surface area contributed by atoms with Crippen molar-refractivity contribution in [1.82, 2.24) is 0 Å². The lowest BCUT2D eigenvalue weighted by molar-refractivity contribution is 0.0696. The zero-order valence-electron chi connectivity index (χ0n) is 12.3. The van der Waals surface area contributed by atoms with Gasteiger partial charge in [-0.1, -0.05) is 26.3 Å². The summed E-state index contributed by atoms with van der Waals surface area (Å²) >= 11 is 0. The smallest absolute Gasteiger partial charge is 0.335 e. The molecule has 4 heteroatoms. The Hall–Kier alpha value is -1.55. The molecule has 1 unspecified atom stereocenters. The van der Waals surface area contributed by atoms with Crippen LogP contribution in [-0.4, -0.2) is 30.9 Å². The standard InChI is InChI=1S/C16H24O4/c1-3-6-13(2)12-19-9-5-10-20-15-8-4-7-14(11-15)16(17)18/h4,7-8,11,13H,3,5-6,9-10,12H2,1-2H3,(H,17,18). The summed E-state index contributed by atoms with van der Waals surface area (Å²) < 4.78 is 11.1. The van der Waals surface area contributed by atoms with E-state index in [4.69, 9.17) is 14.6 Å². The lowest BCUT2D eigenvalue weighted by Gasteiger charge is -2.11. The maximum atomic E-state index is 10.8. The average molecular weight is 280 g/mol. The van der Waals surface area contributed by atoms with Gasteiger partial charge in [-0.15, -0.1) is 0 Å². The maximum Gasteiger partial charge on any atom is 0.335 e. The zero-order valence-corrected chi connectivity index (χ0v) is 12.3. The summed E-state index contributed by atoms with van der Waals surface area (Å²) in [4.78, 5) is 10.8. The van der Waals surface area contributed by atoms with E-state index in [0.29, 0.717) is 24.9 Å². The quantitative estimate of drug-likeness (QED) is 0.665. The number of ether oxygens (including phenoxy) is 2. The first-order chi connectivity index (χ1) is 9.63. The molecule has 1 N–H and O–H groups in total. The zero-order chi connectivity index (χ0) is 14.8. The molecule has 0 amide bonds. The highest BCUT2D eigenvalue weighted by molar-refractivity contribution is 5.87. The van der Waals surface area contributed by atoms with E-state index in [2.05, 4.69) is 13.8 Å². The molecule has 0 aliphatic heterocycles. The van der Waals surface area contributed by atoms with Gasteiger partial charge in [0.25, 0.3) is 0 Å². The third kappa shape index (κ3) is 6.57. The van der Waals surface area contributed by atoms with Gasteiger partial charge in [-0.05, 0) is 30.5 Å². The van der Waals surface area contributed by atoms with E-state index in [0.717, 1.165) is 13.0 Å². The fourth-order valence-electron chi connectivity index (χ4n) is 1.93. The molecule has 4 nitrogen and oxygen atoms in total. The van der Waals surface area contributed by atoms with Crippen molar-refractivity contribution >= 4 is 5.97 Å². The number of hydrogen-bond donors (Lipinski definition) is 1. The summed E-state index contributed by atoms with van der Waals surface area (Å²) in [5.41, 5.74) is 0.243. The van der Waals surface area contributed by atoms with E-state index in [1.165, 1.54) is 18.9 Å². The van der Waals surface area contributed by atoms with Crippen LogP contribution in [0.4, 0.5) is 0 Å². The number of benzene rings is 1. The Morgan fingerprint density at radius 1 is 1.35 bits per heavy atom. The second-order valence-corrected chi connectivity index (χ2v) is 5.00. The van der Waals surface area contributed by atoms with E-state index in [1.54, 1.807) is 18.2 Å². The highest BCUT2D eigenvalue weighted by atomic mass is 16.5. The molecule has 112 valence electrons. The van der Waals surface area contributed by atoms with Gasteiger partial charge < -0.3 is 14.6 Å². The van der Waals surface area contributed by atoms with Crippen LogP contribution in [0.1, 0.15) is 43.5 Å². The molecule has 0 saturated heterocycles. The van der Waals surface area contributed by atoms with E-state index in [-0.39, 0.29) is 5.56 Å². The van der Waals surface area contributed by atoms with Crippen molar-refractivity contribution in [2.75, 3.05) is 19.8 Å². The Morgan fingerprint density at radius 3 is 2.85 bits per heavy atom. The molecule has 0 saturated carbocycles.